The third kappa shape index (κ3) is 2.89. The monoisotopic (exact) mass is 273 g/mol. The van der Waals surface area contributed by atoms with Gasteiger partial charge in [0, 0.05) is 13.1 Å². The molecule has 0 bridgehead atoms. The Labute approximate surface area is 114 Å². The highest BCUT2D eigenvalue weighted by molar-refractivity contribution is 5.75. The summed E-state index contributed by atoms with van der Waals surface area (Å²) in [6.07, 6.45) is 0.381. The van der Waals surface area contributed by atoms with Gasteiger partial charge < -0.3 is 10.1 Å². The largest absolute Gasteiger partial charge is 0.413 e. The number of hydrogen-bond donors (Lipinski definition) is 1. The number of nitro groups is 1. The van der Waals surface area contributed by atoms with E-state index in [4.69, 9.17) is 4.74 Å². The minimum absolute atomic E-state index is 0.00574. The molecule has 102 valence electrons. The maximum atomic E-state index is 11.1. The molecule has 2 rings (SSSR count). The van der Waals surface area contributed by atoms with Gasteiger partial charge in [0.1, 0.15) is 6.20 Å². The third-order valence-electron chi connectivity index (χ3n) is 2.54. The fourth-order valence-electron chi connectivity index (χ4n) is 1.63. The fraction of sp³-hybridized carbons (Fsp3) is 0.0769. The lowest BCUT2D eigenvalue weighted by Gasteiger charge is -2.06. The zero-order chi connectivity index (χ0) is 14.5. The molecule has 0 saturated heterocycles. The Morgan fingerprint density at radius 2 is 2.05 bits per heavy atom. The number of benzene rings is 1. The molecule has 0 unspecified atom stereocenters. The highest BCUT2D eigenvalue weighted by Crippen LogP contribution is 2.31. The predicted molar refractivity (Wildman–Crippen MR) is 71.4 cm³/mol. The fourth-order valence-corrected chi connectivity index (χ4v) is 1.63. The minimum Gasteiger partial charge on any atom is -0.391 e. The van der Waals surface area contributed by atoms with Gasteiger partial charge in [0.2, 0.25) is 5.88 Å². The summed E-state index contributed by atoms with van der Waals surface area (Å²) in [4.78, 5) is 25.4. The zero-order valence-electron chi connectivity index (χ0n) is 10.6. The molecule has 0 spiro atoms. The summed E-state index contributed by atoms with van der Waals surface area (Å²) in [7, 11) is 1.41. The average molecular weight is 273 g/mol. The number of amides is 1. The van der Waals surface area contributed by atoms with Crippen molar-refractivity contribution in [2.24, 2.45) is 0 Å². The molecule has 1 aromatic heterocycles. The number of aromatic nitrogens is 1. The molecule has 1 aromatic carbocycles. The van der Waals surface area contributed by atoms with E-state index in [1.165, 1.54) is 13.1 Å². The number of carbonyl (C=O) groups excluding carboxylic acids is 1. The van der Waals surface area contributed by atoms with Crippen LogP contribution in [0, 0.1) is 10.1 Å². The van der Waals surface area contributed by atoms with Crippen molar-refractivity contribution in [1.29, 1.82) is 0 Å². The second kappa shape index (κ2) is 5.79. The Morgan fingerprint density at radius 1 is 1.35 bits per heavy atom. The Kier molecular flexibility index (Phi) is 3.90. The van der Waals surface area contributed by atoms with E-state index in [1.54, 1.807) is 30.3 Å². The van der Waals surface area contributed by atoms with Crippen LogP contribution in [-0.2, 0) is 0 Å². The van der Waals surface area contributed by atoms with Crippen LogP contribution in [0.5, 0.6) is 5.88 Å². The first-order valence-electron chi connectivity index (χ1n) is 5.71. The van der Waals surface area contributed by atoms with Crippen LogP contribution in [-0.4, -0.2) is 23.0 Å². The van der Waals surface area contributed by atoms with E-state index >= 15 is 0 Å². The Balaban J connectivity index is 2.48. The third-order valence-corrected chi connectivity index (χ3v) is 2.54. The van der Waals surface area contributed by atoms with E-state index in [2.05, 4.69) is 10.3 Å². The van der Waals surface area contributed by atoms with Crippen molar-refractivity contribution in [1.82, 2.24) is 10.3 Å². The number of nitrogens with zero attached hydrogens (tertiary/aromatic N) is 2. The number of ether oxygens (including phenoxy) is 1. The average Bonchev–Trinajstić information content (AvgIpc) is 2.47. The number of carbonyl (C=O) groups is 1. The van der Waals surface area contributed by atoms with Crippen molar-refractivity contribution in [2.45, 2.75) is 0 Å². The summed E-state index contributed by atoms with van der Waals surface area (Å²) in [6.45, 7) is 0. The normalized spacial score (nSPS) is 9.85. The first-order valence-corrected chi connectivity index (χ1v) is 5.71. The summed E-state index contributed by atoms with van der Waals surface area (Å²) < 4.78 is 4.88. The van der Waals surface area contributed by atoms with Crippen LogP contribution < -0.4 is 10.1 Å². The van der Waals surface area contributed by atoms with Crippen LogP contribution in [0.4, 0.5) is 10.5 Å². The number of hydrogen-bond acceptors (Lipinski definition) is 5. The molecular weight excluding hydrogens is 262 g/mol. The van der Waals surface area contributed by atoms with Gasteiger partial charge in [-0.1, -0.05) is 30.3 Å². The van der Waals surface area contributed by atoms with Gasteiger partial charge in [0.15, 0.2) is 0 Å². The molecule has 0 aliphatic rings. The first-order chi connectivity index (χ1) is 9.61. The van der Waals surface area contributed by atoms with Gasteiger partial charge in [0.25, 0.3) is 5.69 Å². The lowest BCUT2D eigenvalue weighted by molar-refractivity contribution is -0.384. The molecule has 1 amide bonds. The van der Waals surface area contributed by atoms with Crippen molar-refractivity contribution >= 4 is 11.8 Å². The summed E-state index contributed by atoms with van der Waals surface area (Å²) in [5.74, 6) is -0.00574. The van der Waals surface area contributed by atoms with Crippen LogP contribution in [0.2, 0.25) is 0 Å². The summed E-state index contributed by atoms with van der Waals surface area (Å²) in [6, 6.07) is 10.1. The standard InChI is InChI=1S/C13H11N3O4/c1-14-13(17)20-12-7-10(9-5-3-2-4-6-9)11(8-15-12)16(18)19/h2-8H,1H3,(H,14,17). The van der Waals surface area contributed by atoms with E-state index in [0.29, 0.717) is 11.1 Å². The highest BCUT2D eigenvalue weighted by Gasteiger charge is 2.18. The molecule has 1 N–H and O–H groups in total. The second-order valence-electron chi connectivity index (χ2n) is 3.80. The maximum Gasteiger partial charge on any atom is 0.413 e. The number of rotatable bonds is 3. The molecule has 0 aliphatic heterocycles. The number of pyridine rings is 1. The van der Waals surface area contributed by atoms with Crippen LogP contribution in [0.3, 0.4) is 0 Å². The van der Waals surface area contributed by atoms with Crippen molar-refractivity contribution in [3.05, 3.63) is 52.7 Å². The van der Waals surface area contributed by atoms with Gasteiger partial charge in [-0.2, -0.15) is 0 Å². The molecule has 2 aromatic rings. The smallest absolute Gasteiger partial charge is 0.391 e. The summed E-state index contributed by atoms with van der Waals surface area (Å²) >= 11 is 0. The Bertz CT molecular complexity index is 643. The summed E-state index contributed by atoms with van der Waals surface area (Å²) in [5, 5.41) is 13.3. The van der Waals surface area contributed by atoms with Gasteiger partial charge >= 0.3 is 6.09 Å². The Hall–Kier alpha value is -2.96. The van der Waals surface area contributed by atoms with Crippen molar-refractivity contribution in [2.75, 3.05) is 7.05 Å². The molecule has 1 heterocycles. The van der Waals surface area contributed by atoms with Gasteiger partial charge in [-0.25, -0.2) is 9.78 Å². The van der Waals surface area contributed by atoms with E-state index in [0.717, 1.165) is 6.20 Å². The molecule has 7 heteroatoms. The molecule has 0 atom stereocenters. The zero-order valence-corrected chi connectivity index (χ0v) is 10.6. The van der Waals surface area contributed by atoms with Crippen LogP contribution in [0.25, 0.3) is 11.1 Å². The molecular formula is C13H11N3O4. The van der Waals surface area contributed by atoms with Crippen molar-refractivity contribution in [3.63, 3.8) is 0 Å². The SMILES string of the molecule is CNC(=O)Oc1cc(-c2ccccc2)c([N+](=O)[O-])cn1. The van der Waals surface area contributed by atoms with Gasteiger partial charge in [-0.05, 0) is 5.56 Å². The highest BCUT2D eigenvalue weighted by atomic mass is 16.6. The van der Waals surface area contributed by atoms with Gasteiger partial charge in [-0.3, -0.25) is 10.1 Å². The van der Waals surface area contributed by atoms with Crippen molar-refractivity contribution < 1.29 is 14.5 Å². The Morgan fingerprint density at radius 3 is 2.65 bits per heavy atom. The van der Waals surface area contributed by atoms with E-state index < -0.39 is 11.0 Å². The van der Waals surface area contributed by atoms with Gasteiger partial charge in [-0.15, -0.1) is 0 Å². The number of nitrogens with one attached hydrogen (secondary N) is 1. The first kappa shape index (κ1) is 13.5. The van der Waals surface area contributed by atoms with E-state index in [9.17, 15) is 14.9 Å². The topological polar surface area (TPSA) is 94.4 Å². The van der Waals surface area contributed by atoms with Crippen LogP contribution in [0.15, 0.2) is 42.6 Å². The quantitative estimate of drug-likeness (QED) is 0.684. The molecule has 7 nitrogen and oxygen atoms in total. The molecule has 0 saturated carbocycles. The van der Waals surface area contributed by atoms with Crippen LogP contribution in [0.1, 0.15) is 0 Å². The molecule has 0 radical (unpaired) electrons. The van der Waals surface area contributed by atoms with E-state index in [1.807, 2.05) is 0 Å². The molecule has 0 aliphatic carbocycles. The molecule has 20 heavy (non-hydrogen) atoms. The van der Waals surface area contributed by atoms with Crippen molar-refractivity contribution in [3.8, 4) is 17.0 Å². The van der Waals surface area contributed by atoms with Crippen LogP contribution >= 0.6 is 0 Å². The maximum absolute atomic E-state index is 11.1. The van der Waals surface area contributed by atoms with E-state index in [-0.39, 0.29) is 11.6 Å². The lowest BCUT2D eigenvalue weighted by atomic mass is 10.1. The predicted octanol–water partition coefficient (Wildman–Crippen LogP) is 2.38. The van der Waals surface area contributed by atoms with Gasteiger partial charge in [0.05, 0.1) is 10.5 Å². The minimum atomic E-state index is -0.689. The lowest BCUT2D eigenvalue weighted by Crippen LogP contribution is -2.22. The second-order valence-corrected chi connectivity index (χ2v) is 3.80. The molecule has 0 fully saturated rings. The summed E-state index contributed by atoms with van der Waals surface area (Å²) in [5.41, 5.74) is 0.827.